The Balaban J connectivity index is 2.55. The van der Waals surface area contributed by atoms with Crippen molar-refractivity contribution in [2.75, 3.05) is 6.61 Å². The van der Waals surface area contributed by atoms with Crippen molar-refractivity contribution in [3.8, 4) is 0 Å². The van der Waals surface area contributed by atoms with Gasteiger partial charge in [-0.2, -0.15) is 0 Å². The Morgan fingerprint density at radius 1 is 1.54 bits per heavy atom. The van der Waals surface area contributed by atoms with Crippen LogP contribution in [0.25, 0.3) is 0 Å². The maximum Gasteiger partial charge on any atom is 0.0834 e. The smallest absolute Gasteiger partial charge is 0.0834 e. The number of allylic oxidation sites excluding steroid dienone is 1. The molecule has 0 aliphatic heterocycles. The van der Waals surface area contributed by atoms with Crippen LogP contribution in [-0.2, 0) is 4.74 Å². The Kier molecular flexibility index (Phi) is 3.55. The average molecular weight is 182 g/mol. The van der Waals surface area contributed by atoms with Crippen LogP contribution in [0.4, 0.5) is 0 Å². The predicted octanol–water partition coefficient (Wildman–Crippen LogP) is 3.40. The van der Waals surface area contributed by atoms with Crippen molar-refractivity contribution in [1.82, 2.24) is 0 Å². The highest BCUT2D eigenvalue weighted by Gasteiger charge is 2.27. The summed E-state index contributed by atoms with van der Waals surface area (Å²) in [6.45, 7) is 9.64. The molecule has 1 aliphatic carbocycles. The molecule has 13 heavy (non-hydrogen) atoms. The van der Waals surface area contributed by atoms with E-state index in [2.05, 4.69) is 39.8 Å². The highest BCUT2D eigenvalue weighted by atomic mass is 16.5. The summed E-state index contributed by atoms with van der Waals surface area (Å²) in [5, 5.41) is 0. The Labute approximate surface area is 82.2 Å². The molecule has 1 rings (SSSR count). The second-order valence-corrected chi connectivity index (χ2v) is 4.55. The summed E-state index contributed by atoms with van der Waals surface area (Å²) in [5.74, 6) is 1.52. The molecule has 1 aliphatic rings. The first-order valence-corrected chi connectivity index (χ1v) is 5.41. The van der Waals surface area contributed by atoms with Gasteiger partial charge in [-0.3, -0.25) is 0 Å². The third-order valence-electron chi connectivity index (χ3n) is 3.00. The molecule has 2 atom stereocenters. The van der Waals surface area contributed by atoms with Crippen LogP contribution >= 0.6 is 0 Å². The van der Waals surface area contributed by atoms with E-state index in [1.807, 2.05) is 0 Å². The standard InChI is InChI=1S/C12H22O/c1-5-13-12(4)8-6-11(7-9-12)10(2)3/h6,8,10-11H,5,7,9H2,1-4H3/t11-,12+/m0/s1. The minimum absolute atomic E-state index is 0.0140. The van der Waals surface area contributed by atoms with Crippen molar-refractivity contribution in [3.05, 3.63) is 12.2 Å². The second kappa shape index (κ2) is 4.28. The summed E-state index contributed by atoms with van der Waals surface area (Å²) in [7, 11) is 0. The number of hydrogen-bond donors (Lipinski definition) is 0. The Morgan fingerprint density at radius 2 is 2.23 bits per heavy atom. The van der Waals surface area contributed by atoms with E-state index in [-0.39, 0.29) is 5.60 Å². The summed E-state index contributed by atoms with van der Waals surface area (Å²) < 4.78 is 5.71. The lowest BCUT2D eigenvalue weighted by Crippen LogP contribution is -2.30. The van der Waals surface area contributed by atoms with Crippen molar-refractivity contribution < 1.29 is 4.74 Å². The third kappa shape index (κ3) is 2.84. The van der Waals surface area contributed by atoms with Crippen molar-refractivity contribution >= 4 is 0 Å². The summed E-state index contributed by atoms with van der Waals surface area (Å²) in [6, 6.07) is 0. The summed E-state index contributed by atoms with van der Waals surface area (Å²) in [4.78, 5) is 0. The molecular weight excluding hydrogens is 160 g/mol. The van der Waals surface area contributed by atoms with Crippen LogP contribution in [0, 0.1) is 11.8 Å². The molecule has 0 aromatic heterocycles. The molecule has 0 saturated carbocycles. The molecule has 1 nitrogen and oxygen atoms in total. The first-order valence-electron chi connectivity index (χ1n) is 5.41. The zero-order valence-electron chi connectivity index (χ0n) is 9.34. The first-order chi connectivity index (χ1) is 6.07. The van der Waals surface area contributed by atoms with Gasteiger partial charge in [-0.25, -0.2) is 0 Å². The molecule has 76 valence electrons. The molecule has 0 aromatic rings. The fourth-order valence-electron chi connectivity index (χ4n) is 1.97. The summed E-state index contributed by atoms with van der Waals surface area (Å²) >= 11 is 0. The Morgan fingerprint density at radius 3 is 2.62 bits per heavy atom. The molecule has 0 bridgehead atoms. The monoisotopic (exact) mass is 182 g/mol. The lowest BCUT2D eigenvalue weighted by molar-refractivity contribution is -0.00217. The topological polar surface area (TPSA) is 9.23 Å². The van der Waals surface area contributed by atoms with Crippen LogP contribution < -0.4 is 0 Å². The Hall–Kier alpha value is -0.300. The molecule has 0 fully saturated rings. The predicted molar refractivity (Wildman–Crippen MR) is 56.7 cm³/mol. The highest BCUT2D eigenvalue weighted by molar-refractivity contribution is 5.07. The van der Waals surface area contributed by atoms with Gasteiger partial charge in [-0.15, -0.1) is 0 Å². The molecule has 0 unspecified atom stereocenters. The van der Waals surface area contributed by atoms with E-state index in [0.29, 0.717) is 0 Å². The average Bonchev–Trinajstić information content (AvgIpc) is 2.05. The molecule has 0 saturated heterocycles. The minimum atomic E-state index is 0.0140. The lowest BCUT2D eigenvalue weighted by Gasteiger charge is -2.33. The van der Waals surface area contributed by atoms with Crippen molar-refractivity contribution in [2.24, 2.45) is 11.8 Å². The molecule has 0 amide bonds. The van der Waals surface area contributed by atoms with Crippen LogP contribution in [-0.4, -0.2) is 12.2 Å². The van der Waals surface area contributed by atoms with Gasteiger partial charge in [0.25, 0.3) is 0 Å². The van der Waals surface area contributed by atoms with Crippen molar-refractivity contribution in [1.29, 1.82) is 0 Å². The van der Waals surface area contributed by atoms with Crippen LogP contribution in [0.3, 0.4) is 0 Å². The molecular formula is C12H22O. The lowest BCUT2D eigenvalue weighted by atomic mass is 9.81. The summed E-state index contributed by atoms with van der Waals surface area (Å²) in [5.41, 5.74) is 0.0140. The van der Waals surface area contributed by atoms with Gasteiger partial charge in [0.2, 0.25) is 0 Å². The molecule has 0 aromatic carbocycles. The summed E-state index contributed by atoms with van der Waals surface area (Å²) in [6.07, 6.45) is 7.03. The normalized spacial score (nSPS) is 34.1. The fourth-order valence-corrected chi connectivity index (χ4v) is 1.97. The molecule has 1 heteroatoms. The van der Waals surface area contributed by atoms with Gasteiger partial charge in [0.05, 0.1) is 5.60 Å². The largest absolute Gasteiger partial charge is 0.372 e. The van der Waals surface area contributed by atoms with E-state index in [9.17, 15) is 0 Å². The van der Waals surface area contributed by atoms with Gasteiger partial charge >= 0.3 is 0 Å². The van der Waals surface area contributed by atoms with Gasteiger partial charge in [0, 0.05) is 6.61 Å². The molecule has 0 spiro atoms. The Bertz CT molecular complexity index is 184. The van der Waals surface area contributed by atoms with Crippen molar-refractivity contribution in [3.63, 3.8) is 0 Å². The maximum atomic E-state index is 5.71. The number of hydrogen-bond acceptors (Lipinski definition) is 1. The van der Waals surface area contributed by atoms with Gasteiger partial charge in [-0.1, -0.05) is 26.0 Å². The second-order valence-electron chi connectivity index (χ2n) is 4.55. The van der Waals surface area contributed by atoms with Gasteiger partial charge < -0.3 is 4.74 Å². The zero-order valence-corrected chi connectivity index (χ0v) is 9.34. The van der Waals surface area contributed by atoms with Gasteiger partial charge in [0.15, 0.2) is 0 Å². The van der Waals surface area contributed by atoms with E-state index >= 15 is 0 Å². The van der Waals surface area contributed by atoms with Crippen LogP contribution in [0.15, 0.2) is 12.2 Å². The molecule has 0 heterocycles. The maximum absolute atomic E-state index is 5.71. The van der Waals surface area contributed by atoms with Crippen molar-refractivity contribution in [2.45, 2.75) is 46.1 Å². The van der Waals surface area contributed by atoms with Crippen LogP contribution in [0.1, 0.15) is 40.5 Å². The fraction of sp³-hybridized carbons (Fsp3) is 0.833. The third-order valence-corrected chi connectivity index (χ3v) is 3.00. The van der Waals surface area contributed by atoms with Gasteiger partial charge in [0.1, 0.15) is 0 Å². The number of ether oxygens (including phenoxy) is 1. The van der Waals surface area contributed by atoms with Crippen LogP contribution in [0.2, 0.25) is 0 Å². The van der Waals surface area contributed by atoms with E-state index < -0.39 is 0 Å². The minimum Gasteiger partial charge on any atom is -0.372 e. The molecule has 0 N–H and O–H groups in total. The van der Waals surface area contributed by atoms with Gasteiger partial charge in [-0.05, 0) is 38.5 Å². The zero-order chi connectivity index (χ0) is 9.90. The first kappa shape index (κ1) is 10.8. The highest BCUT2D eigenvalue weighted by Crippen LogP contribution is 2.31. The van der Waals surface area contributed by atoms with E-state index in [4.69, 9.17) is 4.74 Å². The quantitative estimate of drug-likeness (QED) is 0.608. The number of rotatable bonds is 3. The SMILES string of the molecule is CCO[C@]1(C)C=C[C@H](C(C)C)CC1. The van der Waals surface area contributed by atoms with E-state index in [0.717, 1.165) is 18.4 Å². The molecule has 0 radical (unpaired) electrons. The van der Waals surface area contributed by atoms with E-state index in [1.165, 1.54) is 12.8 Å². The van der Waals surface area contributed by atoms with E-state index in [1.54, 1.807) is 0 Å². The van der Waals surface area contributed by atoms with Crippen LogP contribution in [0.5, 0.6) is 0 Å².